The van der Waals surface area contributed by atoms with E-state index in [1.807, 2.05) is 30.3 Å². The molecule has 0 aliphatic carbocycles. The number of nitrogens with zero attached hydrogens (tertiary/aromatic N) is 2. The maximum absolute atomic E-state index is 6.03. The van der Waals surface area contributed by atoms with Crippen LogP contribution in [0.5, 0.6) is 5.75 Å². The molecule has 30 heavy (non-hydrogen) atoms. The van der Waals surface area contributed by atoms with E-state index in [1.165, 1.54) is 0 Å². The van der Waals surface area contributed by atoms with Gasteiger partial charge in [0.15, 0.2) is 5.96 Å². The molecular weight excluding hydrogens is 380 g/mol. The summed E-state index contributed by atoms with van der Waals surface area (Å²) in [6.07, 6.45) is 2.54. The van der Waals surface area contributed by atoms with Crippen LogP contribution in [0.2, 0.25) is 0 Å². The average molecular weight is 417 g/mol. The minimum Gasteiger partial charge on any atom is -0.492 e. The molecule has 2 aromatic rings. The van der Waals surface area contributed by atoms with E-state index in [2.05, 4.69) is 40.4 Å². The van der Waals surface area contributed by atoms with Gasteiger partial charge in [-0.1, -0.05) is 32.0 Å². The third-order valence-corrected chi connectivity index (χ3v) is 4.78. The van der Waals surface area contributed by atoms with Crippen molar-refractivity contribution in [2.45, 2.75) is 33.4 Å². The fourth-order valence-electron chi connectivity index (χ4n) is 2.96. The van der Waals surface area contributed by atoms with E-state index < -0.39 is 0 Å². The van der Waals surface area contributed by atoms with Crippen LogP contribution >= 0.6 is 0 Å². The summed E-state index contributed by atoms with van der Waals surface area (Å²) in [6.45, 7) is 10.6. The van der Waals surface area contributed by atoms with Gasteiger partial charge in [-0.15, -0.1) is 0 Å². The van der Waals surface area contributed by atoms with Crippen LogP contribution in [0.25, 0.3) is 0 Å². The largest absolute Gasteiger partial charge is 0.492 e. The number of guanidine groups is 1. The van der Waals surface area contributed by atoms with E-state index >= 15 is 0 Å². The maximum Gasteiger partial charge on any atom is 0.191 e. The third kappa shape index (κ3) is 8.88. The molecule has 0 amide bonds. The van der Waals surface area contributed by atoms with Gasteiger partial charge < -0.3 is 29.4 Å². The van der Waals surface area contributed by atoms with Crippen LogP contribution in [-0.4, -0.2) is 57.3 Å². The van der Waals surface area contributed by atoms with Crippen molar-refractivity contribution >= 4 is 5.96 Å². The van der Waals surface area contributed by atoms with Gasteiger partial charge in [-0.3, -0.25) is 4.99 Å². The molecule has 7 heteroatoms. The highest BCUT2D eigenvalue weighted by molar-refractivity contribution is 5.79. The number of nitrogens with one attached hydrogen (secondary N) is 2. The van der Waals surface area contributed by atoms with Crippen LogP contribution in [0.1, 0.15) is 31.6 Å². The number of hydrogen-bond acceptors (Lipinski definition) is 5. The molecule has 0 radical (unpaired) electrons. The first-order chi connectivity index (χ1) is 14.8. The van der Waals surface area contributed by atoms with E-state index in [-0.39, 0.29) is 0 Å². The van der Waals surface area contributed by atoms with Gasteiger partial charge in [0.25, 0.3) is 0 Å². The van der Waals surface area contributed by atoms with Gasteiger partial charge in [0.05, 0.1) is 6.26 Å². The molecule has 2 rings (SSSR count). The first-order valence-electron chi connectivity index (χ1n) is 10.7. The first kappa shape index (κ1) is 23.8. The SMILES string of the molecule is CCN(CC)CCOc1ccccc1CNC(=NC)NCCCOCc1ccco1. The van der Waals surface area contributed by atoms with Crippen LogP contribution in [-0.2, 0) is 17.9 Å². The van der Waals surface area contributed by atoms with Gasteiger partial charge in [0.1, 0.15) is 24.7 Å². The molecule has 0 aliphatic heterocycles. The minimum absolute atomic E-state index is 0.505. The van der Waals surface area contributed by atoms with Gasteiger partial charge in [-0.25, -0.2) is 0 Å². The zero-order chi connectivity index (χ0) is 21.4. The highest BCUT2D eigenvalue weighted by Crippen LogP contribution is 2.17. The lowest BCUT2D eigenvalue weighted by molar-refractivity contribution is 0.105. The molecule has 166 valence electrons. The Morgan fingerprint density at radius 2 is 1.90 bits per heavy atom. The highest BCUT2D eigenvalue weighted by atomic mass is 16.5. The van der Waals surface area contributed by atoms with Crippen molar-refractivity contribution in [3.63, 3.8) is 0 Å². The fraction of sp³-hybridized carbons (Fsp3) is 0.522. The number of ether oxygens (including phenoxy) is 2. The fourth-order valence-corrected chi connectivity index (χ4v) is 2.96. The second kappa shape index (κ2) is 14.5. The lowest BCUT2D eigenvalue weighted by atomic mass is 10.2. The van der Waals surface area contributed by atoms with Crippen molar-refractivity contribution in [2.24, 2.45) is 4.99 Å². The van der Waals surface area contributed by atoms with Crippen LogP contribution in [0.15, 0.2) is 52.1 Å². The van der Waals surface area contributed by atoms with Crippen LogP contribution in [0, 0.1) is 0 Å². The summed E-state index contributed by atoms with van der Waals surface area (Å²) in [5, 5.41) is 6.67. The van der Waals surface area contributed by atoms with E-state index in [9.17, 15) is 0 Å². The van der Waals surface area contributed by atoms with Crippen molar-refractivity contribution < 1.29 is 13.9 Å². The molecule has 2 N–H and O–H groups in total. The van der Waals surface area contributed by atoms with Crippen molar-refractivity contribution in [1.82, 2.24) is 15.5 Å². The third-order valence-electron chi connectivity index (χ3n) is 4.78. The number of benzene rings is 1. The molecule has 1 heterocycles. The predicted octanol–water partition coefficient (Wildman–Crippen LogP) is 3.27. The lowest BCUT2D eigenvalue weighted by Crippen LogP contribution is -2.37. The van der Waals surface area contributed by atoms with E-state index in [4.69, 9.17) is 13.9 Å². The number of hydrogen-bond donors (Lipinski definition) is 2. The Hall–Kier alpha value is -2.51. The monoisotopic (exact) mass is 416 g/mol. The van der Waals surface area contributed by atoms with Crippen LogP contribution < -0.4 is 15.4 Å². The molecule has 0 bridgehead atoms. The number of aliphatic imine (C=N–C) groups is 1. The Labute approximate surface area is 180 Å². The summed E-state index contributed by atoms with van der Waals surface area (Å²) in [4.78, 5) is 6.64. The zero-order valence-electron chi connectivity index (χ0n) is 18.5. The summed E-state index contributed by atoms with van der Waals surface area (Å²) >= 11 is 0. The van der Waals surface area contributed by atoms with Gasteiger partial charge in [0.2, 0.25) is 0 Å². The topological polar surface area (TPSA) is 71.3 Å². The lowest BCUT2D eigenvalue weighted by Gasteiger charge is -2.19. The molecule has 0 unspecified atom stereocenters. The normalized spacial score (nSPS) is 11.7. The second-order valence-corrected chi connectivity index (χ2v) is 6.82. The van der Waals surface area contributed by atoms with Crippen molar-refractivity contribution in [2.75, 3.05) is 46.4 Å². The number of likely N-dealkylation sites (N-methyl/N-ethyl adjacent to an activating group) is 1. The molecule has 0 saturated carbocycles. The van der Waals surface area contributed by atoms with Gasteiger partial charge >= 0.3 is 0 Å². The zero-order valence-corrected chi connectivity index (χ0v) is 18.5. The summed E-state index contributed by atoms with van der Waals surface area (Å²) in [7, 11) is 1.77. The van der Waals surface area contributed by atoms with E-state index in [0.29, 0.717) is 26.4 Å². The standard InChI is InChI=1S/C23H36N4O3/c1-4-27(5-2)14-17-30-22-12-7-6-10-20(22)18-26-23(24-3)25-13-9-15-28-19-21-11-8-16-29-21/h6-8,10-12,16H,4-5,9,13-15,17-19H2,1-3H3,(H2,24,25,26). The summed E-state index contributed by atoms with van der Waals surface area (Å²) in [5.74, 6) is 2.52. The van der Waals surface area contributed by atoms with E-state index in [0.717, 1.165) is 55.6 Å². The van der Waals surface area contributed by atoms with Gasteiger partial charge in [-0.2, -0.15) is 0 Å². The number of para-hydroxylation sites is 1. The van der Waals surface area contributed by atoms with Crippen molar-refractivity contribution in [3.05, 3.63) is 54.0 Å². The summed E-state index contributed by atoms with van der Waals surface area (Å²) in [6, 6.07) is 11.9. The Morgan fingerprint density at radius 1 is 1.07 bits per heavy atom. The Morgan fingerprint density at radius 3 is 2.63 bits per heavy atom. The Kier molecular flexibility index (Phi) is 11.5. The quantitative estimate of drug-likeness (QED) is 0.280. The number of rotatable bonds is 14. The molecule has 0 aliphatic rings. The smallest absolute Gasteiger partial charge is 0.191 e. The molecule has 1 aromatic heterocycles. The molecule has 0 spiro atoms. The average Bonchev–Trinajstić information content (AvgIpc) is 3.30. The van der Waals surface area contributed by atoms with Crippen molar-refractivity contribution in [1.29, 1.82) is 0 Å². The summed E-state index contributed by atoms with van der Waals surface area (Å²) in [5.41, 5.74) is 1.11. The second-order valence-electron chi connectivity index (χ2n) is 6.82. The van der Waals surface area contributed by atoms with Gasteiger partial charge in [-0.05, 0) is 37.7 Å². The van der Waals surface area contributed by atoms with Crippen molar-refractivity contribution in [3.8, 4) is 5.75 Å². The van der Waals surface area contributed by atoms with E-state index in [1.54, 1.807) is 13.3 Å². The Bertz CT molecular complexity index is 715. The molecule has 0 atom stereocenters. The first-order valence-corrected chi connectivity index (χ1v) is 10.7. The maximum atomic E-state index is 6.03. The predicted molar refractivity (Wildman–Crippen MR) is 121 cm³/mol. The summed E-state index contributed by atoms with van der Waals surface area (Å²) < 4.78 is 16.9. The Balaban J connectivity index is 1.67. The van der Waals surface area contributed by atoms with Gasteiger partial charge in [0, 0.05) is 38.9 Å². The van der Waals surface area contributed by atoms with Crippen LogP contribution in [0.4, 0.5) is 0 Å². The molecule has 7 nitrogen and oxygen atoms in total. The molecule has 0 saturated heterocycles. The molecule has 0 fully saturated rings. The molecule has 1 aromatic carbocycles. The van der Waals surface area contributed by atoms with Crippen LogP contribution in [0.3, 0.4) is 0 Å². The molecular formula is C23H36N4O3. The number of furan rings is 1. The minimum atomic E-state index is 0.505. The highest BCUT2D eigenvalue weighted by Gasteiger charge is 2.06.